The summed E-state index contributed by atoms with van der Waals surface area (Å²) in [7, 11) is -4.53. The van der Waals surface area contributed by atoms with Crippen molar-refractivity contribution >= 4 is 25.5 Å². The van der Waals surface area contributed by atoms with E-state index in [0.717, 1.165) is 11.8 Å². The average molecular weight is 618 g/mol. The molecule has 0 spiro atoms. The largest absolute Gasteiger partial charge is 0.462 e. The number of aliphatic hydroxyl groups is 1. The first kappa shape index (κ1) is 30.8. The van der Waals surface area contributed by atoms with Gasteiger partial charge in [0.2, 0.25) is 0 Å². The molecule has 1 fully saturated rings. The minimum absolute atomic E-state index is 0.0345. The Morgan fingerprint density at radius 1 is 1.19 bits per heavy atom. The second-order valence-corrected chi connectivity index (χ2v) is 12.6. The number of ether oxygens (including phenoxy) is 2. The Labute approximate surface area is 247 Å². The maximum Gasteiger partial charge on any atom is 0.459 e. The monoisotopic (exact) mass is 617 g/mol. The normalized spacial score (nSPS) is 26.5. The molecule has 230 valence electrons. The van der Waals surface area contributed by atoms with Gasteiger partial charge in [0.25, 0.3) is 0 Å². The highest BCUT2D eigenvalue weighted by Crippen LogP contribution is 2.51. The molecule has 3 N–H and O–H groups in total. The van der Waals surface area contributed by atoms with Crippen LogP contribution in [-0.4, -0.2) is 77.2 Å². The number of urea groups is 1. The van der Waals surface area contributed by atoms with Crippen LogP contribution >= 0.6 is 7.75 Å². The van der Waals surface area contributed by atoms with Gasteiger partial charge in [-0.05, 0) is 45.4 Å². The molecule has 12 nitrogen and oxygen atoms in total. The van der Waals surface area contributed by atoms with E-state index in [-0.39, 0.29) is 18.1 Å². The van der Waals surface area contributed by atoms with Crippen molar-refractivity contribution in [3.63, 3.8) is 0 Å². The van der Waals surface area contributed by atoms with Crippen LogP contribution in [0.25, 0.3) is 11.1 Å². The highest BCUT2D eigenvalue weighted by molar-refractivity contribution is 7.52. The zero-order valence-corrected chi connectivity index (χ0v) is 24.9. The lowest BCUT2D eigenvalue weighted by Gasteiger charge is -2.33. The van der Waals surface area contributed by atoms with Crippen molar-refractivity contribution in [1.29, 1.82) is 0 Å². The molecule has 2 heterocycles. The maximum absolute atomic E-state index is 15.7. The molecule has 5 rings (SSSR count). The molecule has 0 bridgehead atoms. The van der Waals surface area contributed by atoms with Crippen LogP contribution in [0.5, 0.6) is 5.75 Å². The molecule has 1 saturated heterocycles. The van der Waals surface area contributed by atoms with Gasteiger partial charge in [0, 0.05) is 29.4 Å². The molecule has 2 aromatic carbocycles. The minimum atomic E-state index is -4.53. The molecule has 6 atom stereocenters. The molecule has 2 aromatic rings. The van der Waals surface area contributed by atoms with Crippen LogP contribution in [0.4, 0.5) is 9.18 Å². The highest BCUT2D eigenvalue weighted by Gasteiger charge is 2.57. The van der Waals surface area contributed by atoms with Crippen LogP contribution in [0.2, 0.25) is 0 Å². The van der Waals surface area contributed by atoms with Crippen LogP contribution in [0.15, 0.2) is 54.7 Å². The average Bonchev–Trinajstić information content (AvgIpc) is 3.37. The number of halogens is 1. The van der Waals surface area contributed by atoms with Crippen LogP contribution in [-0.2, 0) is 23.4 Å². The van der Waals surface area contributed by atoms with Gasteiger partial charge >= 0.3 is 19.7 Å². The fourth-order valence-electron chi connectivity index (χ4n) is 5.14. The molecule has 0 radical (unpaired) electrons. The quantitative estimate of drug-likeness (QED) is 0.227. The van der Waals surface area contributed by atoms with E-state index >= 15 is 4.39 Å². The highest BCUT2D eigenvalue weighted by atomic mass is 31.2. The Hall–Kier alpha value is -3.61. The number of carbonyl (C=O) groups excluding carboxylic acids is 3. The first-order valence-electron chi connectivity index (χ1n) is 13.8. The molecule has 14 heteroatoms. The fraction of sp³-hybridized carbons (Fsp3) is 0.414. The van der Waals surface area contributed by atoms with Gasteiger partial charge in [-0.15, -0.1) is 0 Å². The number of carbonyl (C=O) groups is 3. The molecule has 2 amide bonds. The van der Waals surface area contributed by atoms with Gasteiger partial charge in [-0.3, -0.25) is 19.0 Å². The summed E-state index contributed by atoms with van der Waals surface area (Å²) in [4.78, 5) is 38.9. The van der Waals surface area contributed by atoms with Gasteiger partial charge in [-0.1, -0.05) is 36.4 Å². The smallest absolute Gasteiger partial charge is 0.459 e. The predicted octanol–water partition coefficient (Wildman–Crippen LogP) is 3.68. The summed E-state index contributed by atoms with van der Waals surface area (Å²) in [6.07, 6.45) is -2.21. The lowest BCUT2D eigenvalue weighted by atomic mass is 9.98. The number of hydrogen-bond donors (Lipinski definition) is 3. The van der Waals surface area contributed by atoms with E-state index in [1.54, 1.807) is 56.3 Å². The second-order valence-electron chi connectivity index (χ2n) is 10.9. The number of benzene rings is 2. The number of nitrogens with zero attached hydrogens (tertiary/aromatic N) is 1. The van der Waals surface area contributed by atoms with Gasteiger partial charge in [-0.2, -0.15) is 5.09 Å². The molecule has 2 aliphatic heterocycles. The van der Waals surface area contributed by atoms with Crippen molar-refractivity contribution in [2.75, 3.05) is 13.2 Å². The fourth-order valence-corrected chi connectivity index (χ4v) is 6.65. The number of ketones is 1. The molecular weight excluding hydrogens is 584 g/mol. The van der Waals surface area contributed by atoms with Crippen LogP contribution < -0.4 is 14.9 Å². The number of hydrogen-bond acceptors (Lipinski definition) is 9. The standard InChI is InChI=1S/C29H33FN3O9P/c1-16(2)40-26(36)17(3)32-43(38,42-21-12-7-11-20-23(21)18-9-5-6-10-19(18)24(20)34)39-15-22-25(35)29(4,30)27(41-22)33-14-8-13-31-28(33)37/h5-12,14,16-17,22,25,27,35H,13,15H2,1-4H3,(H,31,37)(H,32,38). The lowest BCUT2D eigenvalue weighted by molar-refractivity contribution is -0.149. The summed E-state index contributed by atoms with van der Waals surface area (Å²) in [6, 6.07) is 9.73. The number of amides is 2. The van der Waals surface area contributed by atoms with E-state index in [2.05, 4.69) is 10.4 Å². The Bertz CT molecular complexity index is 1510. The minimum Gasteiger partial charge on any atom is -0.462 e. The third-order valence-electron chi connectivity index (χ3n) is 7.24. The van der Waals surface area contributed by atoms with Crippen molar-refractivity contribution in [1.82, 2.24) is 15.3 Å². The number of nitrogens with one attached hydrogen (secondary N) is 2. The van der Waals surface area contributed by atoms with E-state index in [1.165, 1.54) is 19.2 Å². The van der Waals surface area contributed by atoms with E-state index < -0.39 is 62.6 Å². The number of alkyl halides is 1. The molecular formula is C29H33FN3O9P. The van der Waals surface area contributed by atoms with Crippen molar-refractivity contribution in [2.45, 2.75) is 63.9 Å². The molecule has 6 unspecified atom stereocenters. The maximum atomic E-state index is 15.7. The van der Waals surface area contributed by atoms with Crippen molar-refractivity contribution in [2.24, 2.45) is 0 Å². The SMILES string of the molecule is CC(C)OC(=O)C(C)NP(=O)(OCC1OC(N2C=CCNC2=O)C(C)(F)C1O)Oc1cccc2c1-c1ccccc1C2=O. The lowest BCUT2D eigenvalue weighted by Crippen LogP contribution is -2.54. The summed E-state index contributed by atoms with van der Waals surface area (Å²) in [5.41, 5.74) is -0.698. The van der Waals surface area contributed by atoms with Gasteiger partial charge in [0.15, 0.2) is 17.7 Å². The van der Waals surface area contributed by atoms with Crippen LogP contribution in [0.1, 0.15) is 43.6 Å². The molecule has 0 saturated carbocycles. The Kier molecular flexibility index (Phi) is 8.47. The zero-order chi connectivity index (χ0) is 31.1. The topological polar surface area (TPSA) is 153 Å². The first-order chi connectivity index (χ1) is 20.3. The van der Waals surface area contributed by atoms with E-state index in [9.17, 15) is 24.1 Å². The Morgan fingerprint density at radius 2 is 1.88 bits per heavy atom. The summed E-state index contributed by atoms with van der Waals surface area (Å²) in [5.74, 6) is -0.940. The summed E-state index contributed by atoms with van der Waals surface area (Å²) in [6.45, 7) is 5.38. The number of esters is 1. The van der Waals surface area contributed by atoms with Gasteiger partial charge in [0.05, 0.1) is 12.7 Å². The Balaban J connectivity index is 1.42. The van der Waals surface area contributed by atoms with Crippen LogP contribution in [0, 0.1) is 0 Å². The summed E-state index contributed by atoms with van der Waals surface area (Å²) >= 11 is 0. The molecule has 43 heavy (non-hydrogen) atoms. The first-order valence-corrected chi connectivity index (χ1v) is 15.3. The van der Waals surface area contributed by atoms with Gasteiger partial charge in [0.1, 0.15) is 24.0 Å². The molecule has 0 aromatic heterocycles. The third kappa shape index (κ3) is 5.96. The van der Waals surface area contributed by atoms with E-state index in [0.29, 0.717) is 22.3 Å². The number of fused-ring (bicyclic) bond motifs is 3. The summed E-state index contributed by atoms with van der Waals surface area (Å²) < 4.78 is 52.5. The predicted molar refractivity (Wildman–Crippen MR) is 152 cm³/mol. The molecule has 1 aliphatic carbocycles. The van der Waals surface area contributed by atoms with E-state index in [1.807, 2.05) is 0 Å². The summed E-state index contributed by atoms with van der Waals surface area (Å²) in [5, 5.41) is 15.9. The van der Waals surface area contributed by atoms with Gasteiger partial charge < -0.3 is 24.4 Å². The number of aliphatic hydroxyl groups excluding tert-OH is 1. The Morgan fingerprint density at radius 3 is 2.58 bits per heavy atom. The third-order valence-corrected chi connectivity index (χ3v) is 8.87. The van der Waals surface area contributed by atoms with E-state index in [4.69, 9.17) is 18.5 Å². The van der Waals surface area contributed by atoms with Crippen molar-refractivity contribution in [3.05, 3.63) is 65.9 Å². The number of rotatable bonds is 10. The van der Waals surface area contributed by atoms with Crippen LogP contribution in [0.3, 0.4) is 0 Å². The van der Waals surface area contributed by atoms with Gasteiger partial charge in [-0.25, -0.2) is 13.8 Å². The zero-order valence-electron chi connectivity index (χ0n) is 24.0. The molecule has 3 aliphatic rings. The van der Waals surface area contributed by atoms with Crippen molar-refractivity contribution < 1.29 is 47.0 Å². The van der Waals surface area contributed by atoms with Crippen molar-refractivity contribution in [3.8, 4) is 16.9 Å². The second kappa shape index (κ2) is 11.8.